The number of rotatable bonds is 6. The van der Waals surface area contributed by atoms with E-state index in [0.29, 0.717) is 11.8 Å². The number of aryl methyl sites for hydroxylation is 2. The first kappa shape index (κ1) is 23.8. The van der Waals surface area contributed by atoms with Gasteiger partial charge in [0.15, 0.2) is 0 Å². The Morgan fingerprint density at radius 3 is 2.67 bits per heavy atom. The van der Waals surface area contributed by atoms with Crippen molar-refractivity contribution in [3.05, 3.63) is 70.6 Å². The van der Waals surface area contributed by atoms with Crippen molar-refractivity contribution in [3.8, 4) is 17.7 Å². The minimum Gasteiger partial charge on any atom is -0.437 e. The maximum atomic E-state index is 8.82. The number of anilines is 3. The molecule has 4 aromatic rings. The number of piperidine rings is 1. The van der Waals surface area contributed by atoms with Gasteiger partial charge in [0.05, 0.1) is 11.6 Å². The first-order valence-corrected chi connectivity index (χ1v) is 12.9. The molecule has 1 fully saturated rings. The van der Waals surface area contributed by atoms with Crippen LogP contribution in [0, 0.1) is 25.2 Å². The van der Waals surface area contributed by atoms with E-state index in [2.05, 4.69) is 27.3 Å². The van der Waals surface area contributed by atoms with Crippen molar-refractivity contribution < 1.29 is 4.74 Å². The van der Waals surface area contributed by atoms with Crippen LogP contribution >= 0.6 is 11.3 Å². The number of hydrogen-bond donors (Lipinski definition) is 2. The van der Waals surface area contributed by atoms with Crippen molar-refractivity contribution in [3.63, 3.8) is 0 Å². The van der Waals surface area contributed by atoms with Crippen LogP contribution in [-0.2, 0) is 0 Å². The van der Waals surface area contributed by atoms with Crippen molar-refractivity contribution in [2.24, 2.45) is 5.73 Å². The summed E-state index contributed by atoms with van der Waals surface area (Å²) in [6, 6.07) is 16.5. The molecule has 3 heterocycles. The predicted octanol–water partition coefficient (Wildman–Crippen LogP) is 6.31. The highest BCUT2D eigenvalue weighted by atomic mass is 32.1. The fraction of sp³-hybridized carbons (Fsp3) is 0.250. The first-order valence-electron chi connectivity index (χ1n) is 12.0. The smallest absolute Gasteiger partial charge is 0.242 e. The molecule has 2 aromatic heterocycles. The Morgan fingerprint density at radius 1 is 1.17 bits per heavy atom. The Morgan fingerprint density at radius 2 is 1.94 bits per heavy atom. The van der Waals surface area contributed by atoms with E-state index in [1.165, 1.54) is 11.8 Å². The van der Waals surface area contributed by atoms with Crippen LogP contribution in [0.4, 0.5) is 17.3 Å². The van der Waals surface area contributed by atoms with Gasteiger partial charge in [0.25, 0.3) is 0 Å². The second-order valence-corrected chi connectivity index (χ2v) is 9.97. The van der Waals surface area contributed by atoms with Crippen LogP contribution in [0.1, 0.15) is 29.5 Å². The normalized spacial score (nSPS) is 15.8. The fourth-order valence-electron chi connectivity index (χ4n) is 4.56. The lowest BCUT2D eigenvalue weighted by Gasteiger charge is -2.32. The summed E-state index contributed by atoms with van der Waals surface area (Å²) in [6.07, 6.45) is 5.47. The molecule has 0 aliphatic carbocycles. The maximum Gasteiger partial charge on any atom is 0.242 e. The van der Waals surface area contributed by atoms with Crippen LogP contribution < -0.4 is 20.7 Å². The number of hydrogen-bond acceptors (Lipinski definition) is 8. The molecule has 3 N–H and O–H groups in total. The highest BCUT2D eigenvalue weighted by Gasteiger charge is 2.17. The minimum atomic E-state index is 0.234. The molecule has 1 saturated heterocycles. The van der Waals surface area contributed by atoms with Gasteiger partial charge in [-0.25, -0.2) is 4.98 Å². The number of nitrogens with zero attached hydrogens (tertiary/aromatic N) is 4. The van der Waals surface area contributed by atoms with E-state index in [1.807, 2.05) is 55.6 Å². The summed E-state index contributed by atoms with van der Waals surface area (Å²) in [4.78, 5) is 11.7. The zero-order chi connectivity index (χ0) is 25.1. The first-order chi connectivity index (χ1) is 17.5. The van der Waals surface area contributed by atoms with Gasteiger partial charge in [-0.1, -0.05) is 0 Å². The number of nitrogens with two attached hydrogens (primary N) is 1. The molecule has 5 rings (SSSR count). The number of nitrogens with one attached hydrogen (secondary N) is 1. The van der Waals surface area contributed by atoms with Gasteiger partial charge < -0.3 is 20.7 Å². The monoisotopic (exact) mass is 496 g/mol. The highest BCUT2D eigenvalue weighted by molar-refractivity contribution is 7.17. The molecule has 8 heteroatoms. The van der Waals surface area contributed by atoms with Gasteiger partial charge in [-0.15, -0.1) is 11.3 Å². The van der Waals surface area contributed by atoms with Crippen molar-refractivity contribution in [2.75, 3.05) is 23.3 Å². The molecular formula is C28H28N6OS. The molecule has 182 valence electrons. The molecule has 1 aliphatic rings. The molecule has 1 aliphatic heterocycles. The third-order valence-electron chi connectivity index (χ3n) is 6.25. The van der Waals surface area contributed by atoms with Gasteiger partial charge >= 0.3 is 0 Å². The maximum absolute atomic E-state index is 8.82. The molecule has 0 amide bonds. The topological polar surface area (TPSA) is 100 Å². The second-order valence-electron chi connectivity index (χ2n) is 9.06. The Bertz CT molecular complexity index is 1430. The predicted molar refractivity (Wildman–Crippen MR) is 147 cm³/mol. The summed E-state index contributed by atoms with van der Waals surface area (Å²) in [5.74, 6) is 1.75. The standard InChI is InChI=1S/C28H28N6OS/c1-18-15-20(5-3-12-29)16-19(2)25(18)35-27-26-24(11-14-36-26)32-28(33-27)31-22-7-9-23(10-8-22)34-13-4-6-21(30)17-34/h3,5,7-11,14-16,21H,4,6,13,17,30H2,1-2H3,(H,31,32,33)/b5-3+. The molecule has 0 spiro atoms. The second kappa shape index (κ2) is 10.4. The zero-order valence-corrected chi connectivity index (χ0v) is 21.2. The summed E-state index contributed by atoms with van der Waals surface area (Å²) in [5, 5.41) is 14.1. The third kappa shape index (κ3) is 5.18. The van der Waals surface area contributed by atoms with E-state index in [4.69, 9.17) is 20.7 Å². The third-order valence-corrected chi connectivity index (χ3v) is 7.14. The van der Waals surface area contributed by atoms with Gasteiger partial charge in [-0.3, -0.25) is 0 Å². The van der Waals surface area contributed by atoms with E-state index in [1.54, 1.807) is 17.4 Å². The summed E-state index contributed by atoms with van der Waals surface area (Å²) >= 11 is 1.55. The van der Waals surface area contributed by atoms with Gasteiger partial charge in [0, 0.05) is 36.6 Å². The molecule has 1 atom stereocenters. The number of fused-ring (bicyclic) bond motifs is 1. The molecule has 0 bridgehead atoms. The van der Waals surface area contributed by atoms with Crippen molar-refractivity contribution >= 4 is 45.0 Å². The van der Waals surface area contributed by atoms with Crippen LogP contribution in [0.3, 0.4) is 0 Å². The number of allylic oxidation sites excluding steroid dienone is 1. The number of ether oxygens (including phenoxy) is 1. The molecule has 0 radical (unpaired) electrons. The Hall–Kier alpha value is -3.93. The SMILES string of the molecule is Cc1cc(/C=C/C#N)cc(C)c1Oc1nc(Nc2ccc(N3CCCC(N)C3)cc2)nc2ccsc12. The summed E-state index contributed by atoms with van der Waals surface area (Å²) in [5.41, 5.74) is 12.0. The Kier molecular flexibility index (Phi) is 6.85. The summed E-state index contributed by atoms with van der Waals surface area (Å²) in [6.45, 7) is 5.91. The summed E-state index contributed by atoms with van der Waals surface area (Å²) < 4.78 is 7.26. The zero-order valence-electron chi connectivity index (χ0n) is 20.4. The fourth-order valence-corrected chi connectivity index (χ4v) is 5.32. The number of aromatic nitrogens is 2. The van der Waals surface area contributed by atoms with Crippen molar-refractivity contribution in [1.29, 1.82) is 5.26 Å². The number of thiophene rings is 1. The quantitative estimate of drug-likeness (QED) is 0.302. The van der Waals surface area contributed by atoms with Crippen LogP contribution in [0.15, 0.2) is 53.9 Å². The van der Waals surface area contributed by atoms with Gasteiger partial charge in [-0.2, -0.15) is 10.2 Å². The molecular weight excluding hydrogens is 468 g/mol. The highest BCUT2D eigenvalue weighted by Crippen LogP contribution is 2.36. The van der Waals surface area contributed by atoms with Crippen LogP contribution in [-0.4, -0.2) is 29.1 Å². The number of benzene rings is 2. The Labute approximate surface area is 214 Å². The van der Waals surface area contributed by atoms with E-state index >= 15 is 0 Å². The molecule has 2 aromatic carbocycles. The van der Waals surface area contributed by atoms with Crippen LogP contribution in [0.5, 0.6) is 11.6 Å². The van der Waals surface area contributed by atoms with Crippen molar-refractivity contribution in [1.82, 2.24) is 9.97 Å². The average molecular weight is 497 g/mol. The van der Waals surface area contributed by atoms with Gasteiger partial charge in [0.2, 0.25) is 11.8 Å². The minimum absolute atomic E-state index is 0.234. The molecule has 7 nitrogen and oxygen atoms in total. The molecule has 0 saturated carbocycles. The number of nitriles is 1. The largest absolute Gasteiger partial charge is 0.437 e. The van der Waals surface area contributed by atoms with E-state index < -0.39 is 0 Å². The molecule has 36 heavy (non-hydrogen) atoms. The van der Waals surface area contributed by atoms with Gasteiger partial charge in [0.1, 0.15) is 10.4 Å². The molecule has 1 unspecified atom stereocenters. The Balaban J connectivity index is 1.40. The van der Waals surface area contributed by atoms with Gasteiger partial charge in [-0.05, 0) is 97.3 Å². The van der Waals surface area contributed by atoms with E-state index in [-0.39, 0.29) is 6.04 Å². The van der Waals surface area contributed by atoms with E-state index in [9.17, 15) is 0 Å². The summed E-state index contributed by atoms with van der Waals surface area (Å²) in [7, 11) is 0. The lowest BCUT2D eigenvalue weighted by Crippen LogP contribution is -2.42. The lowest BCUT2D eigenvalue weighted by atomic mass is 10.1. The lowest BCUT2D eigenvalue weighted by molar-refractivity contribution is 0.463. The van der Waals surface area contributed by atoms with Crippen LogP contribution in [0.2, 0.25) is 0 Å². The van der Waals surface area contributed by atoms with E-state index in [0.717, 1.165) is 64.3 Å². The van der Waals surface area contributed by atoms with Crippen LogP contribution in [0.25, 0.3) is 16.3 Å². The van der Waals surface area contributed by atoms with Crippen molar-refractivity contribution in [2.45, 2.75) is 32.7 Å². The average Bonchev–Trinajstić information content (AvgIpc) is 3.34.